The highest BCUT2D eigenvalue weighted by Gasteiger charge is 2.36. The normalized spacial score (nSPS) is 18.9. The van der Waals surface area contributed by atoms with Crippen molar-refractivity contribution in [2.24, 2.45) is 5.92 Å². The molecule has 0 radical (unpaired) electrons. The van der Waals surface area contributed by atoms with Gasteiger partial charge in [-0.05, 0) is 36.8 Å². The molecule has 3 aromatic rings. The number of piperidine rings is 1. The summed E-state index contributed by atoms with van der Waals surface area (Å²) in [6.45, 7) is 3.44. The number of alkyl halides is 3. The predicted molar refractivity (Wildman–Crippen MR) is 97.5 cm³/mol. The monoisotopic (exact) mass is 396 g/mol. The summed E-state index contributed by atoms with van der Waals surface area (Å²) in [5, 5.41) is 5.16. The lowest BCUT2D eigenvalue weighted by molar-refractivity contribution is -0.144. The van der Waals surface area contributed by atoms with Gasteiger partial charge in [-0.2, -0.15) is 13.2 Å². The van der Waals surface area contributed by atoms with E-state index >= 15 is 0 Å². The number of likely N-dealkylation sites (tertiary alicyclic amines) is 1. The van der Waals surface area contributed by atoms with Gasteiger partial charge in [-0.15, -0.1) is 11.3 Å². The Morgan fingerprint density at radius 3 is 3.00 bits per heavy atom. The number of nitrogens with zero attached hydrogens (tertiary/aromatic N) is 4. The van der Waals surface area contributed by atoms with Gasteiger partial charge in [-0.1, -0.05) is 6.07 Å². The average molecular weight is 396 g/mol. The number of aromatic amines is 1. The molecule has 1 aliphatic heterocycles. The number of hydrogen-bond acceptors (Lipinski definition) is 6. The van der Waals surface area contributed by atoms with Crippen LogP contribution < -0.4 is 5.32 Å². The molecule has 0 amide bonds. The Labute approximate surface area is 157 Å². The maximum Gasteiger partial charge on any atom is 0.451 e. The molecule has 0 spiro atoms. The zero-order valence-corrected chi connectivity index (χ0v) is 15.3. The van der Waals surface area contributed by atoms with Crippen molar-refractivity contribution in [3.8, 4) is 0 Å². The van der Waals surface area contributed by atoms with E-state index in [0.717, 1.165) is 32.5 Å². The van der Waals surface area contributed by atoms with Crippen LogP contribution in [0, 0.1) is 5.92 Å². The highest BCUT2D eigenvalue weighted by molar-refractivity contribution is 7.09. The molecule has 4 heterocycles. The van der Waals surface area contributed by atoms with Crippen molar-refractivity contribution in [3.05, 3.63) is 34.5 Å². The molecule has 4 rings (SSSR count). The standard InChI is InChI=1S/C17H19F3N6S/c18-17(19,20)16-24-14(13-15(25-16)23-10-22-13)21-7-11-3-1-5-26(8-11)9-12-4-2-6-27-12/h2,4,6,10-11H,1,3,5,7-9H2,(H2,21,22,23,24,25)/t11-/m0/s1. The van der Waals surface area contributed by atoms with Crippen molar-refractivity contribution in [2.45, 2.75) is 25.6 Å². The minimum Gasteiger partial charge on any atom is -0.368 e. The molecule has 2 N–H and O–H groups in total. The van der Waals surface area contributed by atoms with Crippen LogP contribution in [0.3, 0.4) is 0 Å². The minimum absolute atomic E-state index is 0.0165. The third kappa shape index (κ3) is 4.22. The summed E-state index contributed by atoms with van der Waals surface area (Å²) in [4.78, 5) is 17.6. The molecule has 0 saturated carbocycles. The molecule has 0 aromatic carbocycles. The Balaban J connectivity index is 1.44. The number of aromatic nitrogens is 4. The van der Waals surface area contributed by atoms with Crippen LogP contribution in [0.4, 0.5) is 19.0 Å². The molecular formula is C17H19F3N6S. The molecule has 0 unspecified atom stereocenters. The smallest absolute Gasteiger partial charge is 0.368 e. The molecule has 1 saturated heterocycles. The molecule has 1 aliphatic rings. The van der Waals surface area contributed by atoms with Gasteiger partial charge in [0.1, 0.15) is 5.52 Å². The second kappa shape index (κ2) is 7.43. The van der Waals surface area contributed by atoms with Crippen molar-refractivity contribution >= 4 is 28.3 Å². The molecule has 1 fully saturated rings. The van der Waals surface area contributed by atoms with Gasteiger partial charge in [-0.25, -0.2) is 15.0 Å². The van der Waals surface area contributed by atoms with Crippen LogP contribution in [0.1, 0.15) is 23.5 Å². The maximum atomic E-state index is 13.0. The summed E-state index contributed by atoms with van der Waals surface area (Å²) < 4.78 is 39.1. The molecular weight excluding hydrogens is 377 g/mol. The first-order valence-electron chi connectivity index (χ1n) is 8.76. The van der Waals surface area contributed by atoms with Crippen LogP contribution in [0.5, 0.6) is 0 Å². The second-order valence-electron chi connectivity index (χ2n) is 6.70. The van der Waals surface area contributed by atoms with Gasteiger partial charge in [0.15, 0.2) is 11.5 Å². The van der Waals surface area contributed by atoms with E-state index in [1.165, 1.54) is 11.2 Å². The fourth-order valence-electron chi connectivity index (χ4n) is 3.41. The van der Waals surface area contributed by atoms with Crippen LogP contribution in [-0.2, 0) is 12.7 Å². The van der Waals surface area contributed by atoms with E-state index < -0.39 is 12.0 Å². The van der Waals surface area contributed by atoms with Gasteiger partial charge >= 0.3 is 6.18 Å². The van der Waals surface area contributed by atoms with Crippen LogP contribution >= 0.6 is 11.3 Å². The second-order valence-corrected chi connectivity index (χ2v) is 7.73. The van der Waals surface area contributed by atoms with E-state index in [2.05, 4.69) is 41.6 Å². The zero-order chi connectivity index (χ0) is 18.9. The van der Waals surface area contributed by atoms with E-state index in [1.54, 1.807) is 11.3 Å². The Hall–Kier alpha value is -2.20. The molecule has 0 aliphatic carbocycles. The molecule has 6 nitrogen and oxygen atoms in total. The van der Waals surface area contributed by atoms with Gasteiger partial charge in [-0.3, -0.25) is 4.90 Å². The summed E-state index contributed by atoms with van der Waals surface area (Å²) in [7, 11) is 0. The number of imidazole rings is 1. The lowest BCUT2D eigenvalue weighted by Gasteiger charge is -2.32. The summed E-state index contributed by atoms with van der Waals surface area (Å²) in [6, 6.07) is 4.17. The fourth-order valence-corrected chi connectivity index (χ4v) is 4.16. The van der Waals surface area contributed by atoms with Crippen molar-refractivity contribution in [1.29, 1.82) is 0 Å². The number of thiophene rings is 1. The number of anilines is 1. The number of halogens is 3. The predicted octanol–water partition coefficient (Wildman–Crippen LogP) is 3.76. The highest BCUT2D eigenvalue weighted by Crippen LogP contribution is 2.29. The Kier molecular flexibility index (Phi) is 5.00. The summed E-state index contributed by atoms with van der Waals surface area (Å²) in [5.74, 6) is -0.672. The topological polar surface area (TPSA) is 69.7 Å². The van der Waals surface area contributed by atoms with E-state index in [-0.39, 0.29) is 11.5 Å². The molecule has 10 heteroatoms. The molecule has 0 bridgehead atoms. The van der Waals surface area contributed by atoms with Crippen molar-refractivity contribution < 1.29 is 13.2 Å². The first-order valence-corrected chi connectivity index (χ1v) is 9.64. The van der Waals surface area contributed by atoms with E-state index in [4.69, 9.17) is 0 Å². The summed E-state index contributed by atoms with van der Waals surface area (Å²) in [5.41, 5.74) is 0.414. The number of fused-ring (bicyclic) bond motifs is 1. The largest absolute Gasteiger partial charge is 0.451 e. The van der Waals surface area contributed by atoms with Crippen LogP contribution in [0.25, 0.3) is 11.2 Å². The van der Waals surface area contributed by atoms with E-state index in [0.29, 0.717) is 18.0 Å². The van der Waals surface area contributed by atoms with E-state index in [1.807, 2.05) is 6.07 Å². The van der Waals surface area contributed by atoms with Gasteiger partial charge < -0.3 is 10.3 Å². The Morgan fingerprint density at radius 2 is 2.22 bits per heavy atom. The van der Waals surface area contributed by atoms with Crippen molar-refractivity contribution in [2.75, 3.05) is 25.0 Å². The summed E-state index contributed by atoms with van der Waals surface area (Å²) in [6.07, 6.45) is -1.16. The van der Waals surface area contributed by atoms with Gasteiger partial charge in [0, 0.05) is 24.5 Å². The van der Waals surface area contributed by atoms with Crippen LogP contribution in [-0.4, -0.2) is 44.5 Å². The van der Waals surface area contributed by atoms with Crippen LogP contribution in [0.15, 0.2) is 23.8 Å². The minimum atomic E-state index is -4.61. The number of nitrogens with one attached hydrogen (secondary N) is 2. The molecule has 3 aromatic heterocycles. The van der Waals surface area contributed by atoms with Gasteiger partial charge in [0.2, 0.25) is 5.82 Å². The lowest BCUT2D eigenvalue weighted by atomic mass is 9.98. The third-order valence-corrected chi connectivity index (χ3v) is 5.52. The maximum absolute atomic E-state index is 13.0. The number of hydrogen-bond donors (Lipinski definition) is 2. The quantitative estimate of drug-likeness (QED) is 0.687. The third-order valence-electron chi connectivity index (χ3n) is 4.66. The number of H-pyrrole nitrogens is 1. The SMILES string of the molecule is FC(F)(F)c1nc(NC[C@@H]2CCCN(Cc3cccs3)C2)c2[nH]cnc2n1. The van der Waals surface area contributed by atoms with Crippen molar-refractivity contribution in [3.63, 3.8) is 0 Å². The number of rotatable bonds is 5. The average Bonchev–Trinajstić information content (AvgIpc) is 3.30. The molecule has 144 valence electrons. The van der Waals surface area contributed by atoms with Crippen molar-refractivity contribution in [1.82, 2.24) is 24.8 Å². The van der Waals surface area contributed by atoms with Gasteiger partial charge in [0.05, 0.1) is 6.33 Å². The molecule has 27 heavy (non-hydrogen) atoms. The fraction of sp³-hybridized carbons (Fsp3) is 0.471. The Bertz CT molecular complexity index is 892. The first-order chi connectivity index (χ1) is 13.0. The molecule has 1 atom stereocenters. The highest BCUT2D eigenvalue weighted by atomic mass is 32.1. The van der Waals surface area contributed by atoms with E-state index in [9.17, 15) is 13.2 Å². The zero-order valence-electron chi connectivity index (χ0n) is 14.5. The van der Waals surface area contributed by atoms with Crippen LogP contribution in [0.2, 0.25) is 0 Å². The Morgan fingerprint density at radius 1 is 1.33 bits per heavy atom. The first kappa shape index (κ1) is 18.2. The summed E-state index contributed by atoms with van der Waals surface area (Å²) >= 11 is 1.74. The lowest BCUT2D eigenvalue weighted by Crippen LogP contribution is -2.37. The van der Waals surface area contributed by atoms with Gasteiger partial charge in [0.25, 0.3) is 0 Å².